The number of hydrogen-bond donors (Lipinski definition) is 1. The van der Waals surface area contributed by atoms with E-state index in [9.17, 15) is 4.39 Å². The van der Waals surface area contributed by atoms with Gasteiger partial charge < -0.3 is 5.32 Å². The quantitative estimate of drug-likeness (QED) is 0.782. The normalized spacial score (nSPS) is 16.4. The highest BCUT2D eigenvalue weighted by Gasteiger charge is 2.24. The summed E-state index contributed by atoms with van der Waals surface area (Å²) in [5.74, 6) is 0.248. The Morgan fingerprint density at radius 2 is 1.96 bits per heavy atom. The Morgan fingerprint density at radius 1 is 1.13 bits per heavy atom. The Balaban J connectivity index is 1.81. The van der Waals surface area contributed by atoms with Crippen LogP contribution in [0.5, 0.6) is 0 Å². The van der Waals surface area contributed by atoms with Crippen LogP contribution in [0.15, 0.2) is 54.6 Å². The molecule has 114 valence electrons. The minimum Gasteiger partial charge on any atom is -0.323 e. The van der Waals surface area contributed by atoms with Gasteiger partial charge >= 0.3 is 0 Å². The van der Waals surface area contributed by atoms with Gasteiger partial charge in [-0.15, -0.1) is 0 Å². The molecule has 0 bridgehead atoms. The molecule has 0 radical (unpaired) electrons. The van der Waals surface area contributed by atoms with Crippen molar-refractivity contribution in [3.8, 4) is 0 Å². The molecule has 0 unspecified atom stereocenters. The van der Waals surface area contributed by atoms with Crippen LogP contribution in [0.4, 0.5) is 10.3 Å². The molecule has 5 nitrogen and oxygen atoms in total. The predicted molar refractivity (Wildman–Crippen MR) is 85.4 cm³/mol. The van der Waals surface area contributed by atoms with Crippen LogP contribution in [0.2, 0.25) is 5.02 Å². The lowest BCUT2D eigenvalue weighted by atomic mass is 10.0. The molecule has 0 spiro atoms. The van der Waals surface area contributed by atoms with Gasteiger partial charge in [0.05, 0.1) is 0 Å². The number of allylic oxidation sites excluding steroid dienone is 1. The highest BCUT2D eigenvalue weighted by atomic mass is 35.5. The average molecular weight is 328 g/mol. The molecule has 0 saturated heterocycles. The first-order chi connectivity index (χ1) is 11.2. The van der Waals surface area contributed by atoms with Gasteiger partial charge in [0.25, 0.3) is 0 Å². The lowest BCUT2D eigenvalue weighted by Crippen LogP contribution is -2.20. The van der Waals surface area contributed by atoms with Crippen LogP contribution in [0.25, 0.3) is 5.70 Å². The summed E-state index contributed by atoms with van der Waals surface area (Å²) in [6.45, 7) is 0. The van der Waals surface area contributed by atoms with E-state index in [1.54, 1.807) is 16.8 Å². The Morgan fingerprint density at radius 3 is 2.74 bits per heavy atom. The molecule has 2 aromatic carbocycles. The van der Waals surface area contributed by atoms with E-state index in [4.69, 9.17) is 11.6 Å². The Labute approximate surface area is 136 Å². The van der Waals surface area contributed by atoms with E-state index in [1.807, 2.05) is 30.3 Å². The molecule has 0 fully saturated rings. The van der Waals surface area contributed by atoms with E-state index in [-0.39, 0.29) is 11.9 Å². The minimum atomic E-state index is -0.276. The maximum atomic E-state index is 13.1. The largest absolute Gasteiger partial charge is 0.323 e. The summed E-state index contributed by atoms with van der Waals surface area (Å²) in [6.07, 6.45) is 1.99. The van der Waals surface area contributed by atoms with Crippen LogP contribution in [-0.2, 0) is 0 Å². The maximum Gasteiger partial charge on any atom is 0.248 e. The fourth-order valence-corrected chi connectivity index (χ4v) is 2.78. The number of benzene rings is 2. The van der Waals surface area contributed by atoms with E-state index >= 15 is 0 Å². The number of aromatic nitrogens is 4. The van der Waals surface area contributed by atoms with Gasteiger partial charge in [0.1, 0.15) is 11.9 Å². The van der Waals surface area contributed by atoms with Crippen LogP contribution in [0, 0.1) is 5.82 Å². The second-order valence-corrected chi connectivity index (χ2v) is 5.60. The number of rotatable bonds is 2. The molecular weight excluding hydrogens is 317 g/mol. The van der Waals surface area contributed by atoms with Crippen LogP contribution < -0.4 is 5.32 Å². The van der Waals surface area contributed by atoms with Gasteiger partial charge in [0.15, 0.2) is 0 Å². The van der Waals surface area contributed by atoms with Crippen molar-refractivity contribution in [2.75, 3.05) is 5.32 Å². The molecule has 0 amide bonds. The van der Waals surface area contributed by atoms with Gasteiger partial charge in [-0.2, -0.15) is 4.68 Å². The molecule has 1 atom stereocenters. The first-order valence-corrected chi connectivity index (χ1v) is 7.36. The maximum absolute atomic E-state index is 13.1. The monoisotopic (exact) mass is 327 g/mol. The minimum absolute atomic E-state index is 0.194. The number of nitrogens with zero attached hydrogens (tertiary/aromatic N) is 4. The Hall–Kier alpha value is -2.73. The summed E-state index contributed by atoms with van der Waals surface area (Å²) in [6, 6.07) is 13.6. The molecule has 4 rings (SSSR count). The zero-order valence-corrected chi connectivity index (χ0v) is 12.6. The molecular formula is C16H11ClFN5. The fraction of sp³-hybridized carbons (Fsp3) is 0.0625. The van der Waals surface area contributed by atoms with E-state index < -0.39 is 0 Å². The summed E-state index contributed by atoms with van der Waals surface area (Å²) >= 11 is 6.10. The zero-order valence-electron chi connectivity index (χ0n) is 11.8. The smallest absolute Gasteiger partial charge is 0.248 e. The molecule has 1 aromatic heterocycles. The van der Waals surface area contributed by atoms with Crippen molar-refractivity contribution in [3.05, 3.63) is 76.6 Å². The first kappa shape index (κ1) is 13.9. The molecule has 0 aliphatic carbocycles. The van der Waals surface area contributed by atoms with E-state index in [1.165, 1.54) is 12.1 Å². The van der Waals surface area contributed by atoms with Gasteiger partial charge in [-0.05, 0) is 64.0 Å². The average Bonchev–Trinajstić information content (AvgIpc) is 3.03. The summed E-state index contributed by atoms with van der Waals surface area (Å²) in [7, 11) is 0. The molecule has 2 heterocycles. The van der Waals surface area contributed by atoms with Crippen LogP contribution in [0.1, 0.15) is 17.2 Å². The van der Waals surface area contributed by atoms with Crippen LogP contribution in [0.3, 0.4) is 0 Å². The second-order valence-electron chi connectivity index (χ2n) is 5.16. The fourth-order valence-electron chi connectivity index (χ4n) is 2.58. The van der Waals surface area contributed by atoms with Gasteiger partial charge in [-0.1, -0.05) is 28.8 Å². The lowest BCUT2D eigenvalue weighted by molar-refractivity contribution is 0.586. The van der Waals surface area contributed by atoms with Crippen molar-refractivity contribution in [3.63, 3.8) is 0 Å². The van der Waals surface area contributed by atoms with E-state index in [2.05, 4.69) is 20.8 Å². The Bertz CT molecular complexity index is 887. The van der Waals surface area contributed by atoms with E-state index in [0.29, 0.717) is 11.0 Å². The third-order valence-electron chi connectivity index (χ3n) is 3.67. The zero-order chi connectivity index (χ0) is 15.8. The SMILES string of the molecule is Fc1ccc(C2=C[C@H](c3cccc(Cl)c3)n3nnnc3N2)cc1. The highest BCUT2D eigenvalue weighted by molar-refractivity contribution is 6.30. The van der Waals surface area contributed by atoms with Gasteiger partial charge in [0.2, 0.25) is 5.95 Å². The van der Waals surface area contributed by atoms with Crippen LogP contribution >= 0.6 is 11.6 Å². The first-order valence-electron chi connectivity index (χ1n) is 6.99. The topological polar surface area (TPSA) is 55.6 Å². The summed E-state index contributed by atoms with van der Waals surface area (Å²) in [5.41, 5.74) is 2.64. The molecule has 1 aliphatic rings. The number of tetrazole rings is 1. The van der Waals surface area contributed by atoms with Gasteiger partial charge in [-0.3, -0.25) is 0 Å². The molecule has 0 saturated carbocycles. The van der Waals surface area contributed by atoms with Gasteiger partial charge in [-0.25, -0.2) is 4.39 Å². The molecule has 3 aromatic rings. The third-order valence-corrected chi connectivity index (χ3v) is 3.91. The summed E-state index contributed by atoms with van der Waals surface area (Å²) < 4.78 is 14.8. The second kappa shape index (κ2) is 5.48. The number of nitrogens with one attached hydrogen (secondary N) is 1. The molecule has 23 heavy (non-hydrogen) atoms. The van der Waals surface area contributed by atoms with Crippen molar-refractivity contribution in [2.24, 2.45) is 0 Å². The van der Waals surface area contributed by atoms with Gasteiger partial charge in [0, 0.05) is 10.7 Å². The predicted octanol–water partition coefficient (Wildman–Crippen LogP) is 3.52. The number of anilines is 1. The van der Waals surface area contributed by atoms with E-state index in [0.717, 1.165) is 16.8 Å². The lowest BCUT2D eigenvalue weighted by Gasteiger charge is -2.23. The van der Waals surface area contributed by atoms with Crippen LogP contribution in [-0.4, -0.2) is 20.2 Å². The number of halogens is 2. The van der Waals surface area contributed by atoms with Crippen molar-refractivity contribution < 1.29 is 4.39 Å². The summed E-state index contributed by atoms with van der Waals surface area (Å²) in [5, 5.41) is 15.5. The number of fused-ring (bicyclic) bond motifs is 1. The van der Waals surface area contributed by atoms with Crippen molar-refractivity contribution >= 4 is 23.2 Å². The van der Waals surface area contributed by atoms with Crippen molar-refractivity contribution in [1.29, 1.82) is 0 Å². The standard InChI is InChI=1S/C16H11ClFN5/c17-12-3-1-2-11(8-12)15-9-14(10-4-6-13(18)7-5-10)19-16-20-21-22-23(15)16/h1-9,15H,(H,19,20,22)/t15-/m1/s1. The molecule has 1 N–H and O–H groups in total. The Kier molecular flexibility index (Phi) is 3.31. The highest BCUT2D eigenvalue weighted by Crippen LogP contribution is 2.32. The molecule has 7 heteroatoms. The van der Waals surface area contributed by atoms with Crippen molar-refractivity contribution in [1.82, 2.24) is 20.2 Å². The van der Waals surface area contributed by atoms with Crippen molar-refractivity contribution in [2.45, 2.75) is 6.04 Å². The third kappa shape index (κ3) is 2.57. The number of hydrogen-bond acceptors (Lipinski definition) is 4. The summed E-state index contributed by atoms with van der Waals surface area (Å²) in [4.78, 5) is 0. The molecule has 1 aliphatic heterocycles.